The maximum atomic E-state index is 11.9. The molecule has 0 radical (unpaired) electrons. The summed E-state index contributed by atoms with van der Waals surface area (Å²) in [4.78, 5) is 15.0. The van der Waals surface area contributed by atoms with Gasteiger partial charge >= 0.3 is 0 Å². The molecule has 4 nitrogen and oxygen atoms in total. The molecule has 1 N–H and O–H groups in total. The Bertz CT molecular complexity index is 719. The van der Waals surface area contributed by atoms with Crippen molar-refractivity contribution in [2.24, 2.45) is 0 Å². The summed E-state index contributed by atoms with van der Waals surface area (Å²) in [6.07, 6.45) is 2.50. The Balaban J connectivity index is 1.90. The molecule has 114 valence electrons. The first-order valence-corrected chi connectivity index (χ1v) is 8.29. The van der Waals surface area contributed by atoms with Crippen LogP contribution in [0.5, 0.6) is 5.75 Å². The average Bonchev–Trinajstić information content (AvgIpc) is 2.54. The van der Waals surface area contributed by atoms with E-state index in [-0.39, 0.29) is 5.43 Å². The van der Waals surface area contributed by atoms with E-state index < -0.39 is 0 Å². The molecule has 0 aliphatic rings. The molecule has 1 aromatic carbocycles. The van der Waals surface area contributed by atoms with Crippen molar-refractivity contribution in [2.45, 2.75) is 24.9 Å². The molecular weight excluding hydrogens is 296 g/mol. The fourth-order valence-electron chi connectivity index (χ4n) is 1.92. The van der Waals surface area contributed by atoms with Crippen LogP contribution in [0.15, 0.2) is 41.3 Å². The van der Waals surface area contributed by atoms with Crippen LogP contribution in [0, 0.1) is 11.3 Å². The van der Waals surface area contributed by atoms with Crippen molar-refractivity contribution in [3.63, 3.8) is 0 Å². The van der Waals surface area contributed by atoms with E-state index in [0.717, 1.165) is 23.4 Å². The van der Waals surface area contributed by atoms with Crippen LogP contribution in [-0.4, -0.2) is 11.6 Å². The molecule has 2 aromatic rings. The molecule has 0 unspecified atom stereocenters. The average molecular weight is 314 g/mol. The lowest BCUT2D eigenvalue weighted by Crippen LogP contribution is -2.09. The topological polar surface area (TPSA) is 65.9 Å². The van der Waals surface area contributed by atoms with Crippen LogP contribution in [0.1, 0.15) is 30.2 Å². The number of nitriles is 1. The Kier molecular flexibility index (Phi) is 6.11. The third-order valence-corrected chi connectivity index (χ3v) is 4.03. The molecule has 1 aromatic heterocycles. The van der Waals surface area contributed by atoms with E-state index in [9.17, 15) is 4.79 Å². The van der Waals surface area contributed by atoms with E-state index in [0.29, 0.717) is 23.7 Å². The predicted molar refractivity (Wildman–Crippen MR) is 89.0 cm³/mol. The number of nitrogens with one attached hydrogen (secondary N) is 1. The van der Waals surface area contributed by atoms with Crippen molar-refractivity contribution in [3.05, 3.63) is 63.6 Å². The zero-order chi connectivity index (χ0) is 15.8. The van der Waals surface area contributed by atoms with Gasteiger partial charge in [-0.3, -0.25) is 4.79 Å². The first kappa shape index (κ1) is 16.2. The van der Waals surface area contributed by atoms with Gasteiger partial charge in [0.15, 0.2) is 5.75 Å². The van der Waals surface area contributed by atoms with E-state index in [1.165, 1.54) is 0 Å². The van der Waals surface area contributed by atoms with Crippen molar-refractivity contribution in [2.75, 3.05) is 6.61 Å². The highest BCUT2D eigenvalue weighted by Crippen LogP contribution is 2.17. The number of aromatic nitrogens is 1. The Morgan fingerprint density at radius 3 is 2.91 bits per heavy atom. The molecule has 0 bridgehead atoms. The zero-order valence-electron chi connectivity index (χ0n) is 12.5. The second-order valence-corrected chi connectivity index (χ2v) is 5.83. The molecule has 0 saturated carbocycles. The molecule has 0 aliphatic heterocycles. The van der Waals surface area contributed by atoms with Crippen molar-refractivity contribution < 1.29 is 4.74 Å². The maximum Gasteiger partial charge on any atom is 0.223 e. The third-order valence-electron chi connectivity index (χ3n) is 2.98. The van der Waals surface area contributed by atoms with E-state index in [1.807, 2.05) is 25.1 Å². The van der Waals surface area contributed by atoms with Crippen molar-refractivity contribution in [3.8, 4) is 11.8 Å². The Hall–Kier alpha value is -2.19. The van der Waals surface area contributed by atoms with Crippen molar-refractivity contribution >= 4 is 11.8 Å². The highest BCUT2D eigenvalue weighted by molar-refractivity contribution is 7.97. The number of rotatable bonds is 7. The molecule has 2 rings (SSSR count). The molecule has 1 heterocycles. The van der Waals surface area contributed by atoms with Crippen LogP contribution >= 0.6 is 11.8 Å². The number of nitrogens with zero attached hydrogens (tertiary/aromatic N) is 1. The number of ether oxygens (including phenoxy) is 1. The van der Waals surface area contributed by atoms with Gasteiger partial charge in [0, 0.05) is 29.5 Å². The summed E-state index contributed by atoms with van der Waals surface area (Å²) in [5.41, 5.74) is 2.56. The number of pyridine rings is 1. The first-order valence-electron chi connectivity index (χ1n) is 7.14. The Morgan fingerprint density at radius 2 is 2.18 bits per heavy atom. The van der Waals surface area contributed by atoms with Crippen molar-refractivity contribution in [1.82, 2.24) is 4.98 Å². The lowest BCUT2D eigenvalue weighted by atomic mass is 10.2. The molecule has 0 aliphatic carbocycles. The molecule has 5 heteroatoms. The van der Waals surface area contributed by atoms with Gasteiger partial charge in [-0.05, 0) is 24.1 Å². The molecule has 0 atom stereocenters. The molecule has 22 heavy (non-hydrogen) atoms. The normalized spacial score (nSPS) is 10.2. The van der Waals surface area contributed by atoms with Gasteiger partial charge in [0.05, 0.1) is 18.2 Å². The molecular formula is C17H18N2O2S. The van der Waals surface area contributed by atoms with E-state index in [4.69, 9.17) is 10.00 Å². The van der Waals surface area contributed by atoms with Crippen LogP contribution in [0.4, 0.5) is 0 Å². The second kappa shape index (κ2) is 8.30. The Labute approximate surface area is 134 Å². The summed E-state index contributed by atoms with van der Waals surface area (Å²) in [6.45, 7) is 2.55. The highest BCUT2D eigenvalue weighted by Gasteiger charge is 2.03. The van der Waals surface area contributed by atoms with E-state index >= 15 is 0 Å². The fraction of sp³-hybridized carbons (Fsp3) is 0.294. The SMILES string of the molecule is CCCOc1c[nH]c(CSCc2cccc(C#N)c2)cc1=O. The zero-order valence-corrected chi connectivity index (χ0v) is 13.3. The minimum Gasteiger partial charge on any atom is -0.488 e. The number of benzene rings is 1. The molecule has 0 fully saturated rings. The monoisotopic (exact) mass is 314 g/mol. The number of H-pyrrole nitrogens is 1. The van der Waals surface area contributed by atoms with Gasteiger partial charge in [-0.1, -0.05) is 19.1 Å². The van der Waals surface area contributed by atoms with E-state index in [2.05, 4.69) is 11.1 Å². The summed E-state index contributed by atoms with van der Waals surface area (Å²) in [7, 11) is 0. The van der Waals surface area contributed by atoms with Gasteiger partial charge in [-0.25, -0.2) is 0 Å². The smallest absolute Gasteiger partial charge is 0.223 e. The van der Waals surface area contributed by atoms with Gasteiger partial charge in [0.1, 0.15) is 0 Å². The number of aromatic amines is 1. The highest BCUT2D eigenvalue weighted by atomic mass is 32.2. The summed E-state index contributed by atoms with van der Waals surface area (Å²) < 4.78 is 5.36. The maximum absolute atomic E-state index is 11.9. The molecule has 0 amide bonds. The van der Waals surface area contributed by atoms with Gasteiger partial charge in [-0.2, -0.15) is 17.0 Å². The summed E-state index contributed by atoms with van der Waals surface area (Å²) in [5.74, 6) is 1.88. The van der Waals surface area contributed by atoms with E-state index in [1.54, 1.807) is 30.1 Å². The lowest BCUT2D eigenvalue weighted by Gasteiger charge is -2.06. The predicted octanol–water partition coefficient (Wildman–Crippen LogP) is 3.47. The van der Waals surface area contributed by atoms with Crippen LogP contribution < -0.4 is 10.2 Å². The first-order chi connectivity index (χ1) is 10.7. The Morgan fingerprint density at radius 1 is 1.32 bits per heavy atom. The minimum atomic E-state index is -0.0886. The van der Waals surface area contributed by atoms with Crippen LogP contribution in [0.25, 0.3) is 0 Å². The largest absolute Gasteiger partial charge is 0.488 e. The second-order valence-electron chi connectivity index (χ2n) is 4.84. The van der Waals surface area contributed by atoms with Crippen LogP contribution in [-0.2, 0) is 11.5 Å². The third kappa shape index (κ3) is 4.68. The minimum absolute atomic E-state index is 0.0886. The summed E-state index contributed by atoms with van der Waals surface area (Å²) >= 11 is 1.69. The summed E-state index contributed by atoms with van der Waals surface area (Å²) in [5, 5.41) is 8.88. The molecule has 0 saturated heterocycles. The summed E-state index contributed by atoms with van der Waals surface area (Å²) in [6, 6.07) is 11.3. The van der Waals surface area contributed by atoms with Gasteiger partial charge in [-0.15, -0.1) is 0 Å². The fourth-order valence-corrected chi connectivity index (χ4v) is 2.82. The number of thioether (sulfide) groups is 1. The standard InChI is InChI=1S/C17H18N2O2S/c1-2-6-21-17-10-19-15(8-16(17)20)12-22-11-14-5-3-4-13(7-14)9-18/h3-5,7-8,10H,2,6,11-12H2,1H3,(H,19,20). The molecule has 0 spiro atoms. The lowest BCUT2D eigenvalue weighted by molar-refractivity contribution is 0.313. The number of hydrogen-bond acceptors (Lipinski definition) is 4. The van der Waals surface area contributed by atoms with Crippen LogP contribution in [0.2, 0.25) is 0 Å². The number of hydrogen-bond donors (Lipinski definition) is 1. The van der Waals surface area contributed by atoms with Gasteiger partial charge < -0.3 is 9.72 Å². The van der Waals surface area contributed by atoms with Gasteiger partial charge in [0.25, 0.3) is 0 Å². The van der Waals surface area contributed by atoms with Crippen LogP contribution in [0.3, 0.4) is 0 Å². The van der Waals surface area contributed by atoms with Crippen molar-refractivity contribution in [1.29, 1.82) is 5.26 Å². The quantitative estimate of drug-likeness (QED) is 0.850. The van der Waals surface area contributed by atoms with Gasteiger partial charge in [0.2, 0.25) is 5.43 Å².